The molecule has 0 aliphatic rings. The fourth-order valence-electron chi connectivity index (χ4n) is 2.22. The van der Waals surface area contributed by atoms with E-state index in [4.69, 9.17) is 10.5 Å². The highest BCUT2D eigenvalue weighted by Crippen LogP contribution is 2.34. The van der Waals surface area contributed by atoms with Crippen molar-refractivity contribution in [3.05, 3.63) is 33.9 Å². The number of aromatic amines is 1. The Balaban J connectivity index is 2.50. The van der Waals surface area contributed by atoms with Crippen LogP contribution in [0.4, 0.5) is 11.5 Å². The molecule has 7 nitrogen and oxygen atoms in total. The van der Waals surface area contributed by atoms with Crippen molar-refractivity contribution >= 4 is 11.5 Å². The second-order valence-corrected chi connectivity index (χ2v) is 5.20. The van der Waals surface area contributed by atoms with Crippen LogP contribution in [-0.4, -0.2) is 22.2 Å². The van der Waals surface area contributed by atoms with Gasteiger partial charge in [-0.2, -0.15) is 5.10 Å². The Hall–Kier alpha value is -2.57. The third-order valence-corrected chi connectivity index (χ3v) is 3.18. The Morgan fingerprint density at radius 1 is 1.48 bits per heavy atom. The standard InChI is InChI=1S/C14H18N4O3/c1-8(2)6-10-13(16-17-14(10)15)9-4-5-11(18(19)20)12(7-9)21-3/h4-5,7-8H,6H2,1-3H3,(H3,15,16,17). The smallest absolute Gasteiger partial charge is 0.310 e. The van der Waals surface area contributed by atoms with Crippen molar-refractivity contribution in [3.8, 4) is 17.0 Å². The minimum absolute atomic E-state index is 0.0702. The molecule has 21 heavy (non-hydrogen) atoms. The molecule has 7 heteroatoms. The molecule has 0 saturated heterocycles. The maximum atomic E-state index is 10.9. The summed E-state index contributed by atoms with van der Waals surface area (Å²) in [6.07, 6.45) is 0.775. The van der Waals surface area contributed by atoms with E-state index in [0.29, 0.717) is 11.7 Å². The van der Waals surface area contributed by atoms with E-state index in [2.05, 4.69) is 24.0 Å². The van der Waals surface area contributed by atoms with E-state index in [1.54, 1.807) is 12.1 Å². The Labute approximate surface area is 122 Å². The van der Waals surface area contributed by atoms with Gasteiger partial charge >= 0.3 is 5.69 Å². The summed E-state index contributed by atoms with van der Waals surface area (Å²) >= 11 is 0. The molecule has 0 unspecified atom stereocenters. The van der Waals surface area contributed by atoms with Crippen LogP contribution in [0.25, 0.3) is 11.3 Å². The summed E-state index contributed by atoms with van der Waals surface area (Å²) in [5.41, 5.74) is 8.28. The zero-order chi connectivity index (χ0) is 15.6. The first kappa shape index (κ1) is 14.8. The molecule has 0 fully saturated rings. The van der Waals surface area contributed by atoms with Crippen LogP contribution in [0.5, 0.6) is 5.75 Å². The highest BCUT2D eigenvalue weighted by molar-refractivity contribution is 5.71. The zero-order valence-electron chi connectivity index (χ0n) is 12.2. The van der Waals surface area contributed by atoms with Crippen LogP contribution in [-0.2, 0) is 6.42 Å². The van der Waals surface area contributed by atoms with Crippen molar-refractivity contribution in [1.29, 1.82) is 0 Å². The number of methoxy groups -OCH3 is 1. The van der Waals surface area contributed by atoms with Gasteiger partial charge in [-0.1, -0.05) is 13.8 Å². The van der Waals surface area contributed by atoms with Gasteiger partial charge in [-0.3, -0.25) is 15.2 Å². The molecule has 0 aliphatic heterocycles. The van der Waals surface area contributed by atoms with Gasteiger partial charge in [0.25, 0.3) is 0 Å². The summed E-state index contributed by atoms with van der Waals surface area (Å²) < 4.78 is 5.09. The molecule has 3 N–H and O–H groups in total. The number of nitrogens with one attached hydrogen (secondary N) is 1. The minimum Gasteiger partial charge on any atom is -0.490 e. The van der Waals surface area contributed by atoms with Crippen molar-refractivity contribution in [2.75, 3.05) is 12.8 Å². The Kier molecular flexibility index (Phi) is 4.11. The summed E-state index contributed by atoms with van der Waals surface area (Å²) in [6.45, 7) is 4.18. The number of hydrogen-bond donors (Lipinski definition) is 2. The lowest BCUT2D eigenvalue weighted by Crippen LogP contribution is -1.99. The van der Waals surface area contributed by atoms with Crippen molar-refractivity contribution in [2.45, 2.75) is 20.3 Å². The first-order chi connectivity index (χ1) is 9.93. The van der Waals surface area contributed by atoms with Crippen molar-refractivity contribution in [2.24, 2.45) is 5.92 Å². The van der Waals surface area contributed by atoms with Gasteiger partial charge in [0.05, 0.1) is 17.7 Å². The number of nitro benzene ring substituents is 1. The molecule has 1 aromatic carbocycles. The zero-order valence-corrected chi connectivity index (χ0v) is 12.2. The lowest BCUT2D eigenvalue weighted by molar-refractivity contribution is -0.385. The fourth-order valence-corrected chi connectivity index (χ4v) is 2.22. The van der Waals surface area contributed by atoms with Gasteiger partial charge in [0.15, 0.2) is 5.75 Å². The summed E-state index contributed by atoms with van der Waals surface area (Å²) in [6, 6.07) is 4.71. The molecule has 0 spiro atoms. The van der Waals surface area contributed by atoms with E-state index in [-0.39, 0.29) is 11.4 Å². The maximum Gasteiger partial charge on any atom is 0.310 e. The molecule has 2 aromatic rings. The van der Waals surface area contributed by atoms with Crippen LogP contribution in [0.3, 0.4) is 0 Å². The number of ether oxygens (including phenoxy) is 1. The highest BCUT2D eigenvalue weighted by atomic mass is 16.6. The number of benzene rings is 1. The third kappa shape index (κ3) is 2.96. The number of anilines is 1. The molecular formula is C14H18N4O3. The molecule has 0 bridgehead atoms. The summed E-state index contributed by atoms with van der Waals surface area (Å²) in [5, 5.41) is 17.9. The number of nitro groups is 1. The second-order valence-electron chi connectivity index (χ2n) is 5.20. The summed E-state index contributed by atoms with van der Waals surface area (Å²) in [7, 11) is 1.41. The van der Waals surface area contributed by atoms with Gasteiger partial charge in [0, 0.05) is 17.2 Å². The number of H-pyrrole nitrogens is 1. The first-order valence-electron chi connectivity index (χ1n) is 6.59. The molecule has 1 heterocycles. The van der Waals surface area contributed by atoms with Gasteiger partial charge < -0.3 is 10.5 Å². The second kappa shape index (κ2) is 5.82. The highest BCUT2D eigenvalue weighted by Gasteiger charge is 2.19. The van der Waals surface area contributed by atoms with Crippen LogP contribution in [0.1, 0.15) is 19.4 Å². The van der Waals surface area contributed by atoms with Gasteiger partial charge in [0.1, 0.15) is 5.82 Å². The van der Waals surface area contributed by atoms with Gasteiger partial charge in [-0.15, -0.1) is 0 Å². The Morgan fingerprint density at radius 2 is 2.19 bits per heavy atom. The van der Waals surface area contributed by atoms with E-state index < -0.39 is 4.92 Å². The quantitative estimate of drug-likeness (QED) is 0.650. The molecule has 0 radical (unpaired) electrons. The molecule has 0 aliphatic carbocycles. The Bertz CT molecular complexity index is 664. The van der Waals surface area contributed by atoms with Crippen molar-refractivity contribution < 1.29 is 9.66 Å². The average molecular weight is 290 g/mol. The topological polar surface area (TPSA) is 107 Å². The number of nitrogens with zero attached hydrogens (tertiary/aromatic N) is 2. The molecule has 112 valence electrons. The normalized spacial score (nSPS) is 10.9. The van der Waals surface area contributed by atoms with Gasteiger partial charge in [-0.25, -0.2) is 0 Å². The van der Waals surface area contributed by atoms with Gasteiger partial charge in [0.2, 0.25) is 0 Å². The van der Waals surface area contributed by atoms with E-state index in [1.807, 2.05) is 0 Å². The lowest BCUT2D eigenvalue weighted by Gasteiger charge is -2.08. The molecule has 0 saturated carbocycles. The van der Waals surface area contributed by atoms with E-state index in [9.17, 15) is 10.1 Å². The number of rotatable bonds is 5. The molecular weight excluding hydrogens is 272 g/mol. The molecule has 0 atom stereocenters. The van der Waals surface area contributed by atoms with Crippen LogP contribution >= 0.6 is 0 Å². The van der Waals surface area contributed by atoms with Crippen LogP contribution < -0.4 is 10.5 Å². The maximum absolute atomic E-state index is 10.9. The van der Waals surface area contributed by atoms with Gasteiger partial charge in [-0.05, 0) is 24.5 Å². The van der Waals surface area contributed by atoms with Crippen molar-refractivity contribution in [3.63, 3.8) is 0 Å². The molecule has 2 rings (SSSR count). The molecule has 0 amide bonds. The predicted molar refractivity (Wildman–Crippen MR) is 80.2 cm³/mol. The first-order valence-corrected chi connectivity index (χ1v) is 6.59. The summed E-state index contributed by atoms with van der Waals surface area (Å²) in [5.74, 6) is 1.08. The molecule has 1 aromatic heterocycles. The van der Waals surface area contributed by atoms with E-state index in [1.165, 1.54) is 13.2 Å². The lowest BCUT2D eigenvalue weighted by atomic mass is 9.99. The largest absolute Gasteiger partial charge is 0.490 e. The van der Waals surface area contributed by atoms with Crippen LogP contribution in [0, 0.1) is 16.0 Å². The number of aromatic nitrogens is 2. The number of hydrogen-bond acceptors (Lipinski definition) is 5. The third-order valence-electron chi connectivity index (χ3n) is 3.18. The van der Waals surface area contributed by atoms with Crippen molar-refractivity contribution in [1.82, 2.24) is 10.2 Å². The van der Waals surface area contributed by atoms with Crippen LogP contribution in [0.15, 0.2) is 18.2 Å². The number of nitrogens with two attached hydrogens (primary N) is 1. The Morgan fingerprint density at radius 3 is 2.76 bits per heavy atom. The van der Waals surface area contributed by atoms with E-state index >= 15 is 0 Å². The summed E-state index contributed by atoms with van der Waals surface area (Å²) in [4.78, 5) is 10.5. The SMILES string of the molecule is COc1cc(-c2[nH]nc(N)c2CC(C)C)ccc1[N+](=O)[O-]. The fraction of sp³-hybridized carbons (Fsp3) is 0.357. The average Bonchev–Trinajstić information content (AvgIpc) is 2.78. The number of nitrogen functional groups attached to an aromatic ring is 1. The predicted octanol–water partition coefficient (Wildman–Crippen LogP) is 2.77. The van der Waals surface area contributed by atoms with E-state index in [0.717, 1.165) is 23.2 Å². The minimum atomic E-state index is -0.473. The monoisotopic (exact) mass is 290 g/mol. The van der Waals surface area contributed by atoms with Crippen LogP contribution in [0.2, 0.25) is 0 Å².